The Morgan fingerprint density at radius 3 is 2.15 bits per heavy atom. The molecule has 3 N–H and O–H groups in total. The van der Waals surface area contributed by atoms with E-state index in [0.29, 0.717) is 17.0 Å². The summed E-state index contributed by atoms with van der Waals surface area (Å²) in [6.45, 7) is 4.98. The fourth-order valence-electron chi connectivity index (χ4n) is 4.97. The van der Waals surface area contributed by atoms with Gasteiger partial charge in [-0.05, 0) is 61.2 Å². The number of sulfonamides is 1. The largest absolute Gasteiger partial charge is 0.508 e. The van der Waals surface area contributed by atoms with Gasteiger partial charge in [0.2, 0.25) is 21.8 Å². The monoisotopic (exact) mass is 654 g/mol. The Morgan fingerprint density at radius 2 is 1.57 bits per heavy atom. The van der Waals surface area contributed by atoms with Gasteiger partial charge in [0.05, 0.1) is 37.2 Å². The van der Waals surface area contributed by atoms with Crippen LogP contribution in [0.3, 0.4) is 0 Å². The number of rotatable bonds is 16. The van der Waals surface area contributed by atoms with Gasteiger partial charge < -0.3 is 30.1 Å². The van der Waals surface area contributed by atoms with Gasteiger partial charge in [-0.15, -0.1) is 0 Å². The molecule has 2 amide bonds. The number of likely N-dealkylation sites (N-methyl/N-ethyl adjacent to an activating group) is 1. The van der Waals surface area contributed by atoms with E-state index in [1.54, 1.807) is 50.2 Å². The standard InChI is InChI=1S/C34H46N4O7S/c1-24(2)20-38(46(43,44)28-17-15-27(45-6)16-18-28)21-32(40)29(19-26-11-8-7-9-12-26)35-33(41)22-37(23-34(42)36(4)5)30-13-10-14-31(39)25(30)3/h7-18,24,29,32,39-40H,19-23H2,1-6H3,(H,35,41)/t29-,32-/m0/s1. The zero-order valence-corrected chi connectivity index (χ0v) is 28.2. The van der Waals surface area contributed by atoms with Crippen LogP contribution in [0.4, 0.5) is 5.69 Å². The molecule has 0 saturated carbocycles. The van der Waals surface area contributed by atoms with Crippen LogP contribution in [0, 0.1) is 12.8 Å². The van der Waals surface area contributed by atoms with E-state index in [-0.39, 0.29) is 55.1 Å². The molecule has 46 heavy (non-hydrogen) atoms. The summed E-state index contributed by atoms with van der Waals surface area (Å²) in [5.41, 5.74) is 1.86. The summed E-state index contributed by atoms with van der Waals surface area (Å²) in [5, 5.41) is 24.8. The molecule has 3 rings (SSSR count). The van der Waals surface area contributed by atoms with E-state index in [9.17, 15) is 28.2 Å². The van der Waals surface area contributed by atoms with Crippen LogP contribution in [0.15, 0.2) is 77.7 Å². The minimum absolute atomic E-state index is 0.0286. The van der Waals surface area contributed by atoms with Crippen molar-refractivity contribution in [2.24, 2.45) is 5.92 Å². The molecule has 0 aliphatic carbocycles. The first kappa shape index (κ1) is 36.3. The van der Waals surface area contributed by atoms with Crippen LogP contribution in [0.1, 0.15) is 25.0 Å². The maximum atomic E-state index is 13.7. The molecule has 0 aliphatic rings. The minimum Gasteiger partial charge on any atom is -0.508 e. The van der Waals surface area contributed by atoms with Gasteiger partial charge >= 0.3 is 0 Å². The smallest absolute Gasteiger partial charge is 0.243 e. The fraction of sp³-hybridized carbons (Fsp3) is 0.412. The molecule has 12 heteroatoms. The van der Waals surface area contributed by atoms with Crippen molar-refractivity contribution in [2.45, 2.75) is 44.2 Å². The number of methoxy groups -OCH3 is 1. The number of ether oxygens (including phenoxy) is 1. The highest BCUT2D eigenvalue weighted by Crippen LogP contribution is 2.27. The molecule has 0 heterocycles. The van der Waals surface area contributed by atoms with Crippen molar-refractivity contribution in [3.63, 3.8) is 0 Å². The van der Waals surface area contributed by atoms with Crippen LogP contribution in [0.2, 0.25) is 0 Å². The molecule has 0 saturated heterocycles. The Hall–Kier alpha value is -4.13. The molecule has 0 bridgehead atoms. The van der Waals surface area contributed by atoms with Gasteiger partial charge in [-0.25, -0.2) is 8.42 Å². The van der Waals surface area contributed by atoms with Gasteiger partial charge in [0.1, 0.15) is 11.5 Å². The summed E-state index contributed by atoms with van der Waals surface area (Å²) in [6.07, 6.45) is -1.05. The first-order valence-electron chi connectivity index (χ1n) is 15.1. The number of aromatic hydroxyl groups is 1. The second-order valence-electron chi connectivity index (χ2n) is 11.9. The van der Waals surface area contributed by atoms with Crippen LogP contribution in [-0.4, -0.2) is 99.2 Å². The maximum Gasteiger partial charge on any atom is 0.243 e. The van der Waals surface area contributed by atoms with Gasteiger partial charge in [-0.3, -0.25) is 9.59 Å². The van der Waals surface area contributed by atoms with E-state index in [2.05, 4.69) is 5.32 Å². The molecule has 11 nitrogen and oxygen atoms in total. The summed E-state index contributed by atoms with van der Waals surface area (Å²) in [6, 6.07) is 19.4. The van der Waals surface area contributed by atoms with E-state index in [0.717, 1.165) is 5.56 Å². The number of nitrogens with one attached hydrogen (secondary N) is 1. The van der Waals surface area contributed by atoms with E-state index in [1.807, 2.05) is 44.2 Å². The highest BCUT2D eigenvalue weighted by molar-refractivity contribution is 7.89. The first-order chi connectivity index (χ1) is 21.7. The predicted molar refractivity (Wildman–Crippen MR) is 178 cm³/mol. The number of phenolic OH excluding ortho intramolecular Hbond substituents is 1. The highest BCUT2D eigenvalue weighted by atomic mass is 32.2. The molecule has 0 radical (unpaired) electrons. The summed E-state index contributed by atoms with van der Waals surface area (Å²) >= 11 is 0. The number of carbonyl (C=O) groups excluding carboxylic acids is 2. The van der Waals surface area contributed by atoms with Crippen LogP contribution >= 0.6 is 0 Å². The minimum atomic E-state index is -4.01. The van der Waals surface area contributed by atoms with E-state index in [1.165, 1.54) is 34.5 Å². The first-order valence-corrected chi connectivity index (χ1v) is 16.6. The Kier molecular flexibility index (Phi) is 13.0. The van der Waals surface area contributed by atoms with Crippen LogP contribution in [-0.2, 0) is 26.0 Å². The average molecular weight is 655 g/mol. The molecule has 0 fully saturated rings. The number of carbonyl (C=O) groups is 2. The van der Waals surface area contributed by atoms with Crippen molar-refractivity contribution >= 4 is 27.5 Å². The number of amides is 2. The Labute approximate surface area is 272 Å². The number of phenols is 1. The van der Waals surface area contributed by atoms with Crippen molar-refractivity contribution in [3.05, 3.63) is 83.9 Å². The van der Waals surface area contributed by atoms with Gasteiger partial charge in [0.25, 0.3) is 0 Å². The van der Waals surface area contributed by atoms with Crippen molar-refractivity contribution < 1.29 is 33.0 Å². The van der Waals surface area contributed by atoms with E-state index < -0.39 is 28.1 Å². The number of nitrogens with zero attached hydrogens (tertiary/aromatic N) is 3. The fourth-order valence-corrected chi connectivity index (χ4v) is 6.59. The molecule has 0 aromatic heterocycles. The van der Waals surface area contributed by atoms with Crippen LogP contribution in [0.5, 0.6) is 11.5 Å². The zero-order chi connectivity index (χ0) is 34.0. The summed E-state index contributed by atoms with van der Waals surface area (Å²) in [4.78, 5) is 29.4. The van der Waals surface area contributed by atoms with Crippen molar-refractivity contribution in [2.75, 3.05) is 52.3 Å². The number of hydrogen-bond donors (Lipinski definition) is 3. The molecular weight excluding hydrogens is 608 g/mol. The average Bonchev–Trinajstić information content (AvgIpc) is 3.01. The normalized spacial score (nSPS) is 12.9. The van der Waals surface area contributed by atoms with Gasteiger partial charge in [-0.2, -0.15) is 4.31 Å². The van der Waals surface area contributed by atoms with E-state index in [4.69, 9.17) is 4.74 Å². The molecule has 250 valence electrons. The van der Waals surface area contributed by atoms with Gasteiger partial charge in [0.15, 0.2) is 0 Å². The maximum absolute atomic E-state index is 13.7. The van der Waals surface area contributed by atoms with Crippen molar-refractivity contribution in [1.29, 1.82) is 0 Å². The molecule has 0 spiro atoms. The van der Waals surface area contributed by atoms with Crippen molar-refractivity contribution in [3.8, 4) is 11.5 Å². The number of aliphatic hydroxyl groups excluding tert-OH is 1. The number of hydrogen-bond acceptors (Lipinski definition) is 8. The van der Waals surface area contributed by atoms with Crippen LogP contribution in [0.25, 0.3) is 0 Å². The van der Waals surface area contributed by atoms with Gasteiger partial charge in [-0.1, -0.05) is 50.2 Å². The third-order valence-electron chi connectivity index (χ3n) is 7.54. The SMILES string of the molecule is COc1ccc(S(=O)(=O)N(CC(C)C)C[C@H](O)[C@H](Cc2ccccc2)NC(=O)CN(CC(=O)N(C)C)c2cccc(O)c2C)cc1. The lowest BCUT2D eigenvalue weighted by Gasteiger charge is -2.32. The molecule has 3 aromatic carbocycles. The summed E-state index contributed by atoms with van der Waals surface area (Å²) < 4.78 is 33.9. The quantitative estimate of drug-likeness (QED) is 0.214. The van der Waals surface area contributed by atoms with E-state index >= 15 is 0 Å². The summed E-state index contributed by atoms with van der Waals surface area (Å²) in [5.74, 6) is -0.231. The number of benzene rings is 3. The molecular formula is C34H46N4O7S. The number of aliphatic hydroxyl groups is 1. The molecule has 2 atom stereocenters. The third-order valence-corrected chi connectivity index (χ3v) is 9.39. The van der Waals surface area contributed by atoms with Crippen LogP contribution < -0.4 is 15.0 Å². The Morgan fingerprint density at radius 1 is 0.913 bits per heavy atom. The zero-order valence-electron chi connectivity index (χ0n) is 27.4. The molecule has 3 aromatic rings. The Balaban J connectivity index is 1.91. The third kappa shape index (κ3) is 9.93. The van der Waals surface area contributed by atoms with Crippen molar-refractivity contribution in [1.82, 2.24) is 14.5 Å². The number of anilines is 1. The second kappa shape index (κ2) is 16.4. The Bertz CT molecular complexity index is 1550. The second-order valence-corrected chi connectivity index (χ2v) is 13.8. The van der Waals surface area contributed by atoms with Gasteiger partial charge in [0, 0.05) is 38.4 Å². The highest BCUT2D eigenvalue weighted by Gasteiger charge is 2.32. The molecule has 0 aliphatic heterocycles. The topological polar surface area (TPSA) is 140 Å². The molecule has 0 unspecified atom stereocenters. The lowest BCUT2D eigenvalue weighted by atomic mass is 10.0. The summed E-state index contributed by atoms with van der Waals surface area (Å²) in [7, 11) is 0.723. The lowest BCUT2D eigenvalue weighted by molar-refractivity contribution is -0.127. The predicted octanol–water partition coefficient (Wildman–Crippen LogP) is 3.04. The lowest BCUT2D eigenvalue weighted by Crippen LogP contribution is -2.53.